The molecule has 54 heavy (non-hydrogen) atoms. The van der Waals surface area contributed by atoms with Gasteiger partial charge in [-0.3, -0.25) is 4.79 Å². The molecule has 9 rings (SSSR count). The monoisotopic (exact) mass is 710 g/mol. The first-order chi connectivity index (χ1) is 26.2. The summed E-state index contributed by atoms with van der Waals surface area (Å²) in [6, 6.07) is 36.1. The number of benzene rings is 6. The van der Waals surface area contributed by atoms with E-state index >= 15 is 0 Å². The predicted molar refractivity (Wildman–Crippen MR) is 222 cm³/mol. The zero-order valence-electron chi connectivity index (χ0n) is 30.7. The number of rotatable bonds is 9. The molecule has 4 N–H and O–H groups in total. The normalized spacial score (nSPS) is 15.6. The summed E-state index contributed by atoms with van der Waals surface area (Å²) in [4.78, 5) is 19.6. The molecule has 0 bridgehead atoms. The molecule has 6 aromatic carbocycles. The minimum absolute atomic E-state index is 0.0263. The van der Waals surface area contributed by atoms with Crippen molar-refractivity contribution < 1.29 is 19.4 Å². The number of allylic oxidation sites excluding steroid dienone is 2. The lowest BCUT2D eigenvalue weighted by Gasteiger charge is -2.31. The lowest BCUT2D eigenvalue weighted by molar-refractivity contribution is -0.109. The van der Waals surface area contributed by atoms with Crippen molar-refractivity contribution in [3.63, 3.8) is 0 Å². The Hall–Kier alpha value is -6.15. The van der Waals surface area contributed by atoms with Gasteiger partial charge < -0.3 is 35.2 Å². The van der Waals surface area contributed by atoms with Crippen LogP contribution in [0.1, 0.15) is 33.3 Å². The minimum atomic E-state index is -0.391. The van der Waals surface area contributed by atoms with Gasteiger partial charge in [0.2, 0.25) is 5.78 Å². The Bertz CT molecular complexity index is 2640. The molecule has 0 aromatic heterocycles. The van der Waals surface area contributed by atoms with Crippen molar-refractivity contribution in [2.45, 2.75) is 27.7 Å². The van der Waals surface area contributed by atoms with Gasteiger partial charge in [0.15, 0.2) is 0 Å². The van der Waals surface area contributed by atoms with E-state index in [0.29, 0.717) is 46.8 Å². The second-order valence-corrected chi connectivity index (χ2v) is 15.1. The molecule has 8 nitrogen and oxygen atoms in total. The largest absolute Gasteiger partial charge is 0.506 e. The quantitative estimate of drug-likeness (QED) is 0.128. The van der Waals surface area contributed by atoms with Crippen molar-refractivity contribution in [1.29, 1.82) is 0 Å². The summed E-state index contributed by atoms with van der Waals surface area (Å²) >= 11 is 0. The molecule has 2 aliphatic heterocycles. The van der Waals surface area contributed by atoms with E-state index in [2.05, 4.69) is 49.4 Å². The molecule has 3 aliphatic rings. The van der Waals surface area contributed by atoms with Crippen LogP contribution in [0.4, 0.5) is 17.1 Å². The number of hydrogen-bond acceptors (Lipinski definition) is 8. The van der Waals surface area contributed by atoms with Crippen LogP contribution in [0, 0.1) is 11.8 Å². The number of nitrogens with zero attached hydrogens (tertiary/aromatic N) is 1. The summed E-state index contributed by atoms with van der Waals surface area (Å²) in [5.41, 5.74) is 5.90. The molecular formula is C44H40B2N4O4. The number of ether oxygens (including phenoxy) is 2. The number of Topliss-reactive ketones (excluding diaryl/α,β-unsaturated/α-hetero) is 1. The summed E-state index contributed by atoms with van der Waals surface area (Å²) in [5, 5.41) is 28.0. The number of carbonyl (C=O) groups is 1. The Balaban J connectivity index is 1.13. The maximum atomic E-state index is 14.4. The van der Waals surface area contributed by atoms with E-state index in [0.717, 1.165) is 61.0 Å². The highest BCUT2D eigenvalue weighted by molar-refractivity contribution is 6.80. The number of anilines is 3. The van der Waals surface area contributed by atoms with Gasteiger partial charge in [-0.25, -0.2) is 0 Å². The van der Waals surface area contributed by atoms with Crippen LogP contribution in [0.25, 0.3) is 32.7 Å². The average Bonchev–Trinajstić information content (AvgIpc) is 3.18. The summed E-state index contributed by atoms with van der Waals surface area (Å²) in [5.74, 6) is 2.26. The van der Waals surface area contributed by atoms with E-state index < -0.39 is 6.98 Å². The van der Waals surface area contributed by atoms with Crippen LogP contribution < -0.4 is 46.7 Å². The molecule has 0 radical (unpaired) electrons. The second-order valence-electron chi connectivity index (χ2n) is 15.1. The highest BCUT2D eigenvalue weighted by Gasteiger charge is 2.39. The fourth-order valence-corrected chi connectivity index (χ4v) is 7.57. The number of carbonyl (C=O) groups excluding carboxylic acids is 1. The number of hydrogen-bond donors (Lipinski definition) is 4. The topological polar surface area (TPSA) is 104 Å². The van der Waals surface area contributed by atoms with Gasteiger partial charge in [0.25, 0.3) is 0 Å². The van der Waals surface area contributed by atoms with E-state index in [1.54, 1.807) is 0 Å². The molecule has 266 valence electrons. The standard InChI is InChI=1S/C44H40B2N4O4/c1-25(2)23-53-31-17-13-29(14-18-31)45-47-35-9-5-7-27-11-21-33(41(49-45)37(27)35)39-43(51)40(44(39)52)34-22-12-28-8-6-10-36-38(28)42(34)50-46(48-36)30-15-19-32(20-16-30)54-24-26(3)4/h5-22,25-26,47-49,51H,23-24H2,1-4H3/b40-34-. The van der Waals surface area contributed by atoms with Gasteiger partial charge in [0.05, 0.1) is 29.7 Å². The molecule has 1 aliphatic carbocycles. The second kappa shape index (κ2) is 13.4. The third-order valence-corrected chi connectivity index (χ3v) is 10.2. The van der Waals surface area contributed by atoms with E-state index in [4.69, 9.17) is 14.4 Å². The Kier molecular flexibility index (Phi) is 8.33. The van der Waals surface area contributed by atoms with Gasteiger partial charge in [-0.1, -0.05) is 100 Å². The zero-order valence-corrected chi connectivity index (χ0v) is 30.7. The molecule has 0 unspecified atom stereocenters. The SMILES string of the molecule is CC(C)COc1ccc(B2N=c3/c(=C4\C(=O)C(c5ccc6cccc7c6c5NB(c5ccc(OCC(C)C)cc5)N7)=C4O)ccc4cccc(c34)N2)cc1. The summed E-state index contributed by atoms with van der Waals surface area (Å²) in [7, 11) is 0. The molecule has 10 heteroatoms. The van der Waals surface area contributed by atoms with Crippen molar-refractivity contribution in [2.75, 3.05) is 28.9 Å². The molecular weight excluding hydrogens is 670 g/mol. The van der Waals surface area contributed by atoms with Gasteiger partial charge in [-0.15, -0.1) is 0 Å². The zero-order chi connectivity index (χ0) is 37.1. The Morgan fingerprint density at radius 3 is 1.87 bits per heavy atom. The van der Waals surface area contributed by atoms with Gasteiger partial charge in [0.1, 0.15) is 17.3 Å². The van der Waals surface area contributed by atoms with Gasteiger partial charge >= 0.3 is 14.0 Å². The van der Waals surface area contributed by atoms with Gasteiger partial charge in [-0.05, 0) is 69.9 Å². The van der Waals surface area contributed by atoms with Crippen molar-refractivity contribution in [3.8, 4) is 11.5 Å². The van der Waals surface area contributed by atoms with E-state index in [1.165, 1.54) is 0 Å². The molecule has 0 saturated heterocycles. The van der Waals surface area contributed by atoms with E-state index in [-0.39, 0.29) is 24.1 Å². The fraction of sp³-hybridized carbons (Fsp3) is 0.182. The summed E-state index contributed by atoms with van der Waals surface area (Å²) in [6.45, 7) is 9.14. The highest BCUT2D eigenvalue weighted by Crippen LogP contribution is 2.45. The molecule has 0 atom stereocenters. The fourth-order valence-electron chi connectivity index (χ4n) is 7.57. The number of aliphatic hydroxyl groups is 1. The smallest absolute Gasteiger partial charge is 0.427 e. The van der Waals surface area contributed by atoms with Crippen LogP contribution >= 0.6 is 0 Å². The van der Waals surface area contributed by atoms with Gasteiger partial charge in [-0.2, -0.15) is 0 Å². The first-order valence-corrected chi connectivity index (χ1v) is 18.7. The lowest BCUT2D eigenvalue weighted by atomic mass is 9.65. The van der Waals surface area contributed by atoms with E-state index in [1.807, 2.05) is 103 Å². The van der Waals surface area contributed by atoms with Crippen LogP contribution in [0.3, 0.4) is 0 Å². The van der Waals surface area contributed by atoms with Crippen LogP contribution in [-0.4, -0.2) is 38.1 Å². The molecule has 2 heterocycles. The maximum Gasteiger partial charge on any atom is 0.427 e. The van der Waals surface area contributed by atoms with Crippen molar-refractivity contribution in [1.82, 2.24) is 0 Å². The van der Waals surface area contributed by atoms with Crippen LogP contribution in [0.2, 0.25) is 0 Å². The first kappa shape index (κ1) is 33.7. The third-order valence-electron chi connectivity index (χ3n) is 10.2. The van der Waals surface area contributed by atoms with Crippen molar-refractivity contribution in [3.05, 3.63) is 131 Å². The summed E-state index contributed by atoms with van der Waals surface area (Å²) in [6.07, 6.45) is 0. The van der Waals surface area contributed by atoms with Gasteiger partial charge in [0, 0.05) is 38.6 Å². The van der Waals surface area contributed by atoms with Crippen LogP contribution in [0.5, 0.6) is 11.5 Å². The Morgan fingerprint density at radius 2 is 1.24 bits per heavy atom. The maximum absolute atomic E-state index is 14.4. The molecule has 6 aromatic rings. The minimum Gasteiger partial charge on any atom is -0.506 e. The number of nitrogens with one attached hydrogen (secondary N) is 3. The lowest BCUT2D eigenvalue weighted by Crippen LogP contribution is -2.48. The highest BCUT2D eigenvalue weighted by atomic mass is 16.5. The van der Waals surface area contributed by atoms with Crippen molar-refractivity contribution in [2.24, 2.45) is 16.7 Å². The molecule has 0 fully saturated rings. The first-order valence-electron chi connectivity index (χ1n) is 18.7. The van der Waals surface area contributed by atoms with Crippen LogP contribution in [-0.2, 0) is 4.79 Å². The number of aliphatic hydroxyl groups excluding tert-OH is 1. The Morgan fingerprint density at radius 1 is 0.648 bits per heavy atom. The third kappa shape index (κ3) is 5.82. The predicted octanol–water partition coefficient (Wildman–Crippen LogP) is 6.44. The summed E-state index contributed by atoms with van der Waals surface area (Å²) < 4.78 is 11.8. The Labute approximate surface area is 314 Å². The van der Waals surface area contributed by atoms with Crippen LogP contribution in [0.15, 0.2) is 120 Å². The number of ketones is 1. The van der Waals surface area contributed by atoms with E-state index in [9.17, 15) is 9.90 Å². The average molecular weight is 710 g/mol. The molecule has 0 saturated carbocycles. The molecule has 0 amide bonds. The molecule has 0 spiro atoms. The van der Waals surface area contributed by atoms with Crippen molar-refractivity contribution >= 4 is 80.4 Å².